The molecule has 0 aromatic heterocycles. The summed E-state index contributed by atoms with van der Waals surface area (Å²) in [5.74, 6) is -1.67. The molecule has 3 aliphatic heterocycles. The van der Waals surface area contributed by atoms with E-state index < -0.39 is 29.6 Å². The van der Waals surface area contributed by atoms with Gasteiger partial charge in [-0.05, 0) is 56.7 Å². The number of aryl methyl sites for hydroxylation is 1. The van der Waals surface area contributed by atoms with Crippen molar-refractivity contribution in [3.05, 3.63) is 42.0 Å². The molecule has 1 aromatic rings. The standard InChI is InChI=1S/C29H39N3O5/c1-4-36-16-8-15-32-25(27(34)31-21-12-6-5-10-19(21)3)29-14-13-22(37-29)23(24(29)28(32)35)26(33)30-20-11-7-9-18(2)17-20/h7,9,11,13-14,17,19,21-25H,4-6,8,10,12,15-16H2,1-3H3,(H,30,33)(H,31,34)/t19-,21+,22-,23-,24-,25+,29+/m1/s1. The van der Waals surface area contributed by atoms with Crippen molar-refractivity contribution in [3.63, 3.8) is 0 Å². The van der Waals surface area contributed by atoms with Crippen LogP contribution >= 0.6 is 0 Å². The zero-order valence-corrected chi connectivity index (χ0v) is 22.1. The quantitative estimate of drug-likeness (QED) is 0.394. The molecule has 3 heterocycles. The van der Waals surface area contributed by atoms with Gasteiger partial charge in [-0.2, -0.15) is 0 Å². The zero-order valence-electron chi connectivity index (χ0n) is 22.1. The third-order valence-corrected chi connectivity index (χ3v) is 8.54. The van der Waals surface area contributed by atoms with Gasteiger partial charge in [0.05, 0.1) is 17.9 Å². The van der Waals surface area contributed by atoms with Crippen LogP contribution in [-0.2, 0) is 23.9 Å². The molecule has 0 unspecified atom stereocenters. The van der Waals surface area contributed by atoms with Gasteiger partial charge in [0.2, 0.25) is 17.7 Å². The molecule has 1 saturated carbocycles. The number of anilines is 1. The number of carbonyl (C=O) groups excluding carboxylic acids is 3. The van der Waals surface area contributed by atoms with Crippen LogP contribution in [0, 0.1) is 24.7 Å². The highest BCUT2D eigenvalue weighted by molar-refractivity contribution is 6.02. The van der Waals surface area contributed by atoms with Crippen LogP contribution in [0.3, 0.4) is 0 Å². The van der Waals surface area contributed by atoms with E-state index in [9.17, 15) is 14.4 Å². The van der Waals surface area contributed by atoms with Crippen LogP contribution in [0.5, 0.6) is 0 Å². The molecule has 1 aromatic carbocycles. The maximum atomic E-state index is 13.9. The molecule has 8 nitrogen and oxygen atoms in total. The summed E-state index contributed by atoms with van der Waals surface area (Å²) in [6, 6.07) is 6.86. The van der Waals surface area contributed by atoms with E-state index in [2.05, 4.69) is 17.6 Å². The number of nitrogens with zero attached hydrogens (tertiary/aromatic N) is 1. The van der Waals surface area contributed by atoms with Crippen LogP contribution in [-0.4, -0.2) is 66.2 Å². The number of benzene rings is 1. The molecular weight excluding hydrogens is 470 g/mol. The largest absolute Gasteiger partial charge is 0.382 e. The third-order valence-electron chi connectivity index (χ3n) is 8.54. The van der Waals surface area contributed by atoms with E-state index in [0.717, 1.165) is 24.8 Å². The first kappa shape index (κ1) is 25.9. The number of fused-ring (bicyclic) bond motifs is 1. The van der Waals surface area contributed by atoms with Gasteiger partial charge in [0.1, 0.15) is 11.6 Å². The molecule has 2 saturated heterocycles. The second-order valence-corrected chi connectivity index (χ2v) is 11.0. The fraction of sp³-hybridized carbons (Fsp3) is 0.621. The first-order valence-corrected chi connectivity index (χ1v) is 13.8. The second-order valence-electron chi connectivity index (χ2n) is 11.0. The molecule has 2 N–H and O–H groups in total. The van der Waals surface area contributed by atoms with Crippen molar-refractivity contribution >= 4 is 23.4 Å². The molecule has 8 heteroatoms. The zero-order chi connectivity index (χ0) is 26.2. The number of carbonyl (C=O) groups is 3. The topological polar surface area (TPSA) is 97.0 Å². The van der Waals surface area contributed by atoms with E-state index in [0.29, 0.717) is 37.8 Å². The summed E-state index contributed by atoms with van der Waals surface area (Å²) in [4.78, 5) is 43.0. The molecule has 4 aliphatic rings. The number of hydrogen-bond acceptors (Lipinski definition) is 5. The highest BCUT2D eigenvalue weighted by Gasteiger charge is 2.72. The Morgan fingerprint density at radius 2 is 2.03 bits per heavy atom. The molecule has 3 fully saturated rings. The lowest BCUT2D eigenvalue weighted by atomic mass is 9.74. The van der Waals surface area contributed by atoms with Crippen LogP contribution in [0.4, 0.5) is 5.69 Å². The molecule has 1 spiro atoms. The van der Waals surface area contributed by atoms with Crippen LogP contribution in [0.1, 0.15) is 51.5 Å². The van der Waals surface area contributed by atoms with Gasteiger partial charge in [-0.1, -0.05) is 44.1 Å². The average Bonchev–Trinajstić information content (AvgIpc) is 3.51. The first-order chi connectivity index (χ1) is 17.9. The first-order valence-electron chi connectivity index (χ1n) is 13.8. The summed E-state index contributed by atoms with van der Waals surface area (Å²) in [5.41, 5.74) is 0.582. The van der Waals surface area contributed by atoms with Crippen molar-refractivity contribution in [1.82, 2.24) is 10.2 Å². The fourth-order valence-corrected chi connectivity index (χ4v) is 6.73. The van der Waals surface area contributed by atoms with Gasteiger partial charge < -0.3 is 25.0 Å². The fourth-order valence-electron chi connectivity index (χ4n) is 6.73. The Morgan fingerprint density at radius 1 is 1.22 bits per heavy atom. The minimum atomic E-state index is -1.13. The number of ether oxygens (including phenoxy) is 2. The van der Waals surface area contributed by atoms with E-state index in [4.69, 9.17) is 9.47 Å². The number of hydrogen-bond donors (Lipinski definition) is 2. The second kappa shape index (κ2) is 10.6. The Hall–Kier alpha value is -2.71. The number of amides is 3. The predicted molar refractivity (Wildman–Crippen MR) is 140 cm³/mol. The number of likely N-dealkylation sites (tertiary alicyclic amines) is 1. The summed E-state index contributed by atoms with van der Waals surface area (Å²) in [7, 11) is 0. The molecule has 37 heavy (non-hydrogen) atoms. The lowest BCUT2D eigenvalue weighted by molar-refractivity contribution is -0.141. The van der Waals surface area contributed by atoms with E-state index in [1.54, 1.807) is 4.90 Å². The monoisotopic (exact) mass is 509 g/mol. The van der Waals surface area contributed by atoms with Crippen molar-refractivity contribution in [2.45, 2.75) is 76.7 Å². The average molecular weight is 510 g/mol. The van der Waals surface area contributed by atoms with Crippen molar-refractivity contribution in [2.24, 2.45) is 17.8 Å². The maximum Gasteiger partial charge on any atom is 0.246 e. The van der Waals surface area contributed by atoms with Crippen molar-refractivity contribution in [1.29, 1.82) is 0 Å². The van der Waals surface area contributed by atoms with Gasteiger partial charge in [-0.3, -0.25) is 14.4 Å². The normalized spacial score (nSPS) is 34.0. The van der Waals surface area contributed by atoms with Crippen molar-refractivity contribution in [3.8, 4) is 0 Å². The van der Waals surface area contributed by atoms with E-state index in [1.165, 1.54) is 6.42 Å². The predicted octanol–water partition coefficient (Wildman–Crippen LogP) is 3.21. The van der Waals surface area contributed by atoms with Gasteiger partial charge >= 0.3 is 0 Å². The molecule has 3 amide bonds. The van der Waals surface area contributed by atoms with Gasteiger partial charge in [0, 0.05) is 31.5 Å². The Morgan fingerprint density at radius 3 is 2.78 bits per heavy atom. The van der Waals surface area contributed by atoms with Crippen LogP contribution in [0.25, 0.3) is 0 Å². The Labute approximate surface area is 219 Å². The summed E-state index contributed by atoms with van der Waals surface area (Å²) in [6.07, 6.45) is 8.09. The van der Waals surface area contributed by atoms with Gasteiger partial charge in [0.25, 0.3) is 0 Å². The molecular formula is C29H39N3O5. The molecule has 200 valence electrons. The van der Waals surface area contributed by atoms with Crippen LogP contribution in [0.15, 0.2) is 36.4 Å². The smallest absolute Gasteiger partial charge is 0.246 e. The summed E-state index contributed by atoms with van der Waals surface area (Å²) >= 11 is 0. The Bertz CT molecular complexity index is 1070. The highest BCUT2D eigenvalue weighted by atomic mass is 16.5. The summed E-state index contributed by atoms with van der Waals surface area (Å²) in [5, 5.41) is 6.25. The van der Waals surface area contributed by atoms with Crippen LogP contribution < -0.4 is 10.6 Å². The molecule has 5 rings (SSSR count). The molecule has 0 radical (unpaired) electrons. The van der Waals surface area contributed by atoms with Crippen LogP contribution in [0.2, 0.25) is 0 Å². The third kappa shape index (κ3) is 4.70. The van der Waals surface area contributed by atoms with Gasteiger partial charge in [-0.15, -0.1) is 0 Å². The minimum absolute atomic E-state index is 0.0834. The number of nitrogens with one attached hydrogen (secondary N) is 2. The van der Waals surface area contributed by atoms with Crippen molar-refractivity contribution in [2.75, 3.05) is 25.1 Å². The maximum absolute atomic E-state index is 13.9. The molecule has 1 aliphatic carbocycles. The SMILES string of the molecule is CCOCCCN1C(=O)[C@H]2[C@H](C(=O)Nc3cccc(C)c3)[C@H]3C=C[C@@]2(O3)[C@@H]1C(=O)N[C@H]1CCCC[C@H]1C. The lowest BCUT2D eigenvalue weighted by Gasteiger charge is -2.36. The molecule has 2 bridgehead atoms. The number of rotatable bonds is 9. The lowest BCUT2D eigenvalue weighted by Crippen LogP contribution is -2.57. The minimum Gasteiger partial charge on any atom is -0.382 e. The van der Waals surface area contributed by atoms with E-state index in [1.807, 2.05) is 50.3 Å². The summed E-state index contributed by atoms with van der Waals surface area (Å²) < 4.78 is 11.9. The van der Waals surface area contributed by atoms with Gasteiger partial charge in [0.15, 0.2) is 0 Å². The van der Waals surface area contributed by atoms with E-state index >= 15 is 0 Å². The van der Waals surface area contributed by atoms with Crippen molar-refractivity contribution < 1.29 is 23.9 Å². The summed E-state index contributed by atoms with van der Waals surface area (Å²) in [6.45, 7) is 7.55. The Balaban J connectivity index is 1.41. The molecule has 7 atom stereocenters. The Kier molecular flexibility index (Phi) is 7.41. The van der Waals surface area contributed by atoms with E-state index in [-0.39, 0.29) is 23.8 Å². The highest BCUT2D eigenvalue weighted by Crippen LogP contribution is 2.55. The van der Waals surface area contributed by atoms with Gasteiger partial charge in [-0.25, -0.2) is 0 Å².